The van der Waals surface area contributed by atoms with Crippen molar-refractivity contribution in [2.75, 3.05) is 13.2 Å². The number of hydrogen-bond acceptors (Lipinski definition) is 4. The molecule has 2 aromatic heterocycles. The SMILES string of the molecule is Cc1c(F)c(Br)cc2nc(-c3nn(COCC[Si](C)(C)C)c4c3C[C@@H]3C[C@]3(C)C4)n(COCC[Si](C)(C)C)c12. The molecule has 0 unspecified atom stereocenters. The zero-order valence-corrected chi connectivity index (χ0v) is 28.5. The van der Waals surface area contributed by atoms with Crippen LogP contribution in [0.5, 0.6) is 0 Å². The molecule has 10 heteroatoms. The molecule has 2 atom stereocenters. The van der Waals surface area contributed by atoms with E-state index >= 15 is 4.39 Å². The number of benzene rings is 1. The second-order valence-electron chi connectivity index (χ2n) is 14.4. The summed E-state index contributed by atoms with van der Waals surface area (Å²) in [5, 5.41) is 5.15. The molecule has 1 aromatic carbocycles. The van der Waals surface area contributed by atoms with Crippen molar-refractivity contribution in [1.82, 2.24) is 19.3 Å². The van der Waals surface area contributed by atoms with Gasteiger partial charge in [-0.2, -0.15) is 5.10 Å². The fraction of sp³-hybridized carbons (Fsp3) is 0.655. The summed E-state index contributed by atoms with van der Waals surface area (Å²) in [7, 11) is -2.41. The van der Waals surface area contributed by atoms with Gasteiger partial charge in [-0.25, -0.2) is 14.1 Å². The maximum atomic E-state index is 15.1. The Kier molecular flexibility index (Phi) is 7.85. The summed E-state index contributed by atoms with van der Waals surface area (Å²) in [4.78, 5) is 5.06. The molecule has 0 spiro atoms. The average Bonchev–Trinajstić information content (AvgIpc) is 3.18. The maximum Gasteiger partial charge on any atom is 0.163 e. The molecule has 0 radical (unpaired) electrons. The standard InChI is InChI=1S/C29H44BrFN4O2Si2/c1-19-25(31)22(30)14-23-27(19)34(17-36-9-11-38(3,4)5)28(32-23)26-21-13-20-15-29(20,2)16-24(21)35(33-26)18-37-10-12-39(6,7)8/h14,20H,9-13,15-18H2,1-8H3/t20-,29-/m1/s1. The van der Waals surface area contributed by atoms with Crippen LogP contribution in [0.1, 0.15) is 30.2 Å². The number of rotatable bonds is 11. The van der Waals surface area contributed by atoms with Gasteiger partial charge in [0.15, 0.2) is 5.82 Å². The average molecular weight is 636 g/mol. The molecular weight excluding hydrogens is 591 g/mol. The Balaban J connectivity index is 1.54. The predicted octanol–water partition coefficient (Wildman–Crippen LogP) is 7.86. The van der Waals surface area contributed by atoms with Crippen LogP contribution in [0.2, 0.25) is 51.4 Å². The van der Waals surface area contributed by atoms with Gasteiger partial charge < -0.3 is 9.47 Å². The highest BCUT2D eigenvalue weighted by molar-refractivity contribution is 9.10. The van der Waals surface area contributed by atoms with Gasteiger partial charge in [-0.15, -0.1) is 0 Å². The number of aryl methyl sites for hydroxylation is 1. The van der Waals surface area contributed by atoms with Crippen molar-refractivity contribution in [2.45, 2.75) is 97.9 Å². The van der Waals surface area contributed by atoms with Crippen molar-refractivity contribution in [2.24, 2.45) is 11.3 Å². The first-order chi connectivity index (χ1) is 18.2. The van der Waals surface area contributed by atoms with Gasteiger partial charge in [0.05, 0.1) is 15.5 Å². The van der Waals surface area contributed by atoms with Gasteiger partial charge in [0.25, 0.3) is 0 Å². The molecule has 6 nitrogen and oxygen atoms in total. The highest BCUT2D eigenvalue weighted by atomic mass is 79.9. The topological polar surface area (TPSA) is 54.1 Å². The molecule has 2 aliphatic carbocycles. The summed E-state index contributed by atoms with van der Waals surface area (Å²) in [6.45, 7) is 20.6. The zero-order chi connectivity index (χ0) is 28.3. The van der Waals surface area contributed by atoms with Crippen LogP contribution < -0.4 is 0 Å². The molecular formula is C29H44BrFN4O2Si2. The highest BCUT2D eigenvalue weighted by Gasteiger charge is 2.54. The Morgan fingerprint density at radius 3 is 2.36 bits per heavy atom. The molecule has 1 saturated carbocycles. The first-order valence-electron chi connectivity index (χ1n) is 14.3. The molecule has 214 valence electrons. The van der Waals surface area contributed by atoms with Crippen molar-refractivity contribution in [3.05, 3.63) is 33.2 Å². The van der Waals surface area contributed by atoms with Crippen molar-refractivity contribution in [1.29, 1.82) is 0 Å². The maximum absolute atomic E-state index is 15.1. The first-order valence-corrected chi connectivity index (χ1v) is 22.5. The third-order valence-electron chi connectivity index (χ3n) is 8.52. The molecule has 2 aliphatic rings. The number of fused-ring (bicyclic) bond motifs is 3. The largest absolute Gasteiger partial charge is 0.361 e. The van der Waals surface area contributed by atoms with Crippen molar-refractivity contribution in [3.63, 3.8) is 0 Å². The van der Waals surface area contributed by atoms with Crippen LogP contribution >= 0.6 is 15.9 Å². The molecule has 1 fully saturated rings. The molecule has 0 N–H and O–H groups in total. The van der Waals surface area contributed by atoms with Gasteiger partial charge in [0.1, 0.15) is 25.0 Å². The number of nitrogens with zero attached hydrogens (tertiary/aromatic N) is 4. The Morgan fingerprint density at radius 1 is 1.08 bits per heavy atom. The van der Waals surface area contributed by atoms with Crippen molar-refractivity contribution in [3.8, 4) is 11.5 Å². The lowest BCUT2D eigenvalue weighted by Gasteiger charge is -2.20. The van der Waals surface area contributed by atoms with Gasteiger partial charge in [-0.3, -0.25) is 4.57 Å². The molecule has 0 aliphatic heterocycles. The molecule has 0 saturated heterocycles. The predicted molar refractivity (Wildman–Crippen MR) is 165 cm³/mol. The van der Waals surface area contributed by atoms with Crippen LogP contribution in [-0.4, -0.2) is 48.7 Å². The summed E-state index contributed by atoms with van der Waals surface area (Å²) >= 11 is 3.39. The van der Waals surface area contributed by atoms with Crippen LogP contribution in [0.15, 0.2) is 10.5 Å². The second-order valence-corrected chi connectivity index (χ2v) is 26.5. The van der Waals surface area contributed by atoms with Crippen LogP contribution in [0.25, 0.3) is 22.6 Å². The lowest BCUT2D eigenvalue weighted by Crippen LogP contribution is -2.23. The summed E-state index contributed by atoms with van der Waals surface area (Å²) in [6.07, 6.45) is 3.28. The fourth-order valence-electron chi connectivity index (χ4n) is 5.70. The number of imidazole rings is 1. The second kappa shape index (κ2) is 10.5. The molecule has 0 amide bonds. The van der Waals surface area contributed by atoms with Crippen LogP contribution in [0, 0.1) is 24.1 Å². The number of aromatic nitrogens is 4. The normalized spacial score (nSPS) is 20.9. The van der Waals surface area contributed by atoms with E-state index in [9.17, 15) is 0 Å². The minimum absolute atomic E-state index is 0.255. The molecule has 3 aromatic rings. The van der Waals surface area contributed by atoms with E-state index in [1.165, 1.54) is 17.7 Å². The summed E-state index contributed by atoms with van der Waals surface area (Å²) in [6, 6.07) is 3.99. The van der Waals surface area contributed by atoms with Crippen molar-refractivity contribution < 1.29 is 13.9 Å². The minimum atomic E-state index is -1.24. The number of halogens is 2. The Bertz CT molecular complexity index is 1390. The van der Waals surface area contributed by atoms with Gasteiger partial charge in [0, 0.05) is 46.2 Å². The van der Waals surface area contributed by atoms with Gasteiger partial charge in [0.2, 0.25) is 0 Å². The smallest absolute Gasteiger partial charge is 0.163 e. The quantitative estimate of drug-likeness (QED) is 0.159. The van der Waals surface area contributed by atoms with Crippen LogP contribution in [0.3, 0.4) is 0 Å². The highest BCUT2D eigenvalue weighted by Crippen LogP contribution is 2.60. The van der Waals surface area contributed by atoms with E-state index in [1.54, 1.807) is 6.07 Å². The monoisotopic (exact) mass is 634 g/mol. The zero-order valence-electron chi connectivity index (χ0n) is 24.9. The molecule has 2 heterocycles. The van der Waals surface area contributed by atoms with Crippen molar-refractivity contribution >= 4 is 43.1 Å². The number of hydrogen-bond donors (Lipinski definition) is 0. The van der Waals surface area contributed by atoms with E-state index in [-0.39, 0.29) is 5.82 Å². The van der Waals surface area contributed by atoms with E-state index in [2.05, 4.69) is 66.8 Å². The van der Waals surface area contributed by atoms with Crippen LogP contribution in [-0.2, 0) is 35.8 Å². The molecule has 5 rings (SSSR count). The first kappa shape index (κ1) is 29.2. The van der Waals surface area contributed by atoms with Gasteiger partial charge in [-0.05, 0) is 71.6 Å². The molecule has 0 bridgehead atoms. The fourth-order valence-corrected chi connectivity index (χ4v) is 7.73. The third kappa shape index (κ3) is 6.15. The summed E-state index contributed by atoms with van der Waals surface area (Å²) in [5.41, 5.74) is 5.92. The lowest BCUT2D eigenvalue weighted by atomic mass is 9.87. The van der Waals surface area contributed by atoms with Gasteiger partial charge in [-0.1, -0.05) is 46.2 Å². The Labute approximate surface area is 242 Å². The van der Waals surface area contributed by atoms with Crippen LogP contribution in [0.4, 0.5) is 4.39 Å². The van der Waals surface area contributed by atoms with E-state index < -0.39 is 16.1 Å². The van der Waals surface area contributed by atoms with E-state index in [1.807, 2.05) is 11.5 Å². The Morgan fingerprint density at radius 2 is 1.72 bits per heavy atom. The Hall–Kier alpha value is -1.34. The summed E-state index contributed by atoms with van der Waals surface area (Å²) < 4.78 is 32.0. The van der Waals surface area contributed by atoms with E-state index in [0.29, 0.717) is 41.4 Å². The number of ether oxygens (including phenoxy) is 2. The van der Waals surface area contributed by atoms with E-state index in [4.69, 9.17) is 19.6 Å². The minimum Gasteiger partial charge on any atom is -0.361 e. The summed E-state index contributed by atoms with van der Waals surface area (Å²) in [5.74, 6) is 1.20. The third-order valence-corrected chi connectivity index (χ3v) is 12.5. The van der Waals surface area contributed by atoms with E-state index in [0.717, 1.165) is 54.1 Å². The molecule has 39 heavy (non-hydrogen) atoms. The lowest BCUT2D eigenvalue weighted by molar-refractivity contribution is 0.0756. The van der Waals surface area contributed by atoms with Gasteiger partial charge >= 0.3 is 0 Å².